The summed E-state index contributed by atoms with van der Waals surface area (Å²) in [5.41, 5.74) is 7.14. The van der Waals surface area contributed by atoms with Crippen molar-refractivity contribution in [2.45, 2.75) is 6.92 Å². The number of anilines is 1. The molecule has 1 aromatic carbocycles. The largest absolute Gasteiger partial charge is 0.398 e. The lowest BCUT2D eigenvalue weighted by molar-refractivity contribution is -0.118. The molecule has 0 aliphatic carbocycles. The van der Waals surface area contributed by atoms with Crippen LogP contribution in [-0.2, 0) is 4.79 Å². The monoisotopic (exact) mass is 266 g/mol. The summed E-state index contributed by atoms with van der Waals surface area (Å²) in [7, 11) is 0. The number of hydrogen-bond acceptors (Lipinski definition) is 2. The second-order valence-electron chi connectivity index (χ2n) is 2.94. The van der Waals surface area contributed by atoms with Gasteiger partial charge in [-0.15, -0.1) is 0 Å². The molecule has 0 spiro atoms. The molecule has 0 aliphatic heterocycles. The van der Waals surface area contributed by atoms with Crippen LogP contribution in [0.1, 0.15) is 12.5 Å². The van der Waals surface area contributed by atoms with E-state index in [-0.39, 0.29) is 5.91 Å². The molecule has 1 amide bonds. The van der Waals surface area contributed by atoms with E-state index in [9.17, 15) is 4.79 Å². The van der Waals surface area contributed by atoms with Crippen molar-refractivity contribution in [1.82, 2.24) is 5.32 Å². The van der Waals surface area contributed by atoms with Crippen molar-refractivity contribution in [2.75, 3.05) is 12.3 Å². The summed E-state index contributed by atoms with van der Waals surface area (Å²) in [6, 6.07) is 5.50. The SMILES string of the molecule is CC(=O)NCC#Cc1ccc(Br)cc1N. The maximum absolute atomic E-state index is 10.6. The zero-order valence-electron chi connectivity index (χ0n) is 8.30. The number of nitrogens with one attached hydrogen (secondary N) is 1. The van der Waals surface area contributed by atoms with E-state index >= 15 is 0 Å². The molecule has 1 rings (SSSR count). The highest BCUT2D eigenvalue weighted by molar-refractivity contribution is 9.10. The Bertz CT molecular complexity index is 432. The third kappa shape index (κ3) is 4.05. The van der Waals surface area contributed by atoms with Gasteiger partial charge >= 0.3 is 0 Å². The summed E-state index contributed by atoms with van der Waals surface area (Å²) in [5.74, 6) is 5.61. The zero-order valence-corrected chi connectivity index (χ0v) is 9.89. The molecule has 0 heterocycles. The van der Waals surface area contributed by atoms with Crippen LogP contribution in [0.25, 0.3) is 0 Å². The van der Waals surface area contributed by atoms with Crippen LogP contribution in [-0.4, -0.2) is 12.5 Å². The van der Waals surface area contributed by atoms with Gasteiger partial charge in [0.05, 0.1) is 6.54 Å². The molecule has 0 aromatic heterocycles. The fourth-order valence-corrected chi connectivity index (χ4v) is 1.33. The number of amides is 1. The van der Waals surface area contributed by atoms with Gasteiger partial charge in [-0.05, 0) is 18.2 Å². The van der Waals surface area contributed by atoms with E-state index < -0.39 is 0 Å². The zero-order chi connectivity index (χ0) is 11.3. The molecule has 0 saturated carbocycles. The number of hydrogen-bond donors (Lipinski definition) is 2. The Balaban J connectivity index is 2.67. The Hall–Kier alpha value is -1.47. The molecule has 0 bridgehead atoms. The van der Waals surface area contributed by atoms with Crippen molar-refractivity contribution in [1.29, 1.82) is 0 Å². The molecule has 0 radical (unpaired) electrons. The smallest absolute Gasteiger partial charge is 0.217 e. The fourth-order valence-electron chi connectivity index (χ4n) is 0.956. The van der Waals surface area contributed by atoms with Crippen molar-refractivity contribution in [3.05, 3.63) is 28.2 Å². The number of carbonyl (C=O) groups excluding carboxylic acids is 1. The number of nitrogens with two attached hydrogens (primary N) is 1. The van der Waals surface area contributed by atoms with Crippen LogP contribution in [0.15, 0.2) is 22.7 Å². The Morgan fingerprint density at radius 1 is 1.60 bits per heavy atom. The van der Waals surface area contributed by atoms with Gasteiger partial charge in [-0.25, -0.2) is 0 Å². The van der Waals surface area contributed by atoms with E-state index in [4.69, 9.17) is 5.73 Å². The van der Waals surface area contributed by atoms with Crippen molar-refractivity contribution in [3.8, 4) is 11.8 Å². The van der Waals surface area contributed by atoms with Crippen LogP contribution in [0.5, 0.6) is 0 Å². The number of benzene rings is 1. The Morgan fingerprint density at radius 3 is 2.93 bits per heavy atom. The van der Waals surface area contributed by atoms with Gasteiger partial charge < -0.3 is 11.1 Å². The first-order valence-electron chi connectivity index (χ1n) is 4.38. The van der Waals surface area contributed by atoms with Gasteiger partial charge in [0.1, 0.15) is 0 Å². The topological polar surface area (TPSA) is 55.1 Å². The molecule has 78 valence electrons. The van der Waals surface area contributed by atoms with Crippen LogP contribution >= 0.6 is 15.9 Å². The van der Waals surface area contributed by atoms with Gasteiger partial charge in [0.25, 0.3) is 0 Å². The molecule has 3 N–H and O–H groups in total. The number of carbonyl (C=O) groups is 1. The minimum absolute atomic E-state index is 0.0897. The van der Waals surface area contributed by atoms with Gasteiger partial charge in [-0.2, -0.15) is 0 Å². The fraction of sp³-hybridized carbons (Fsp3) is 0.182. The third-order valence-electron chi connectivity index (χ3n) is 1.66. The lowest BCUT2D eigenvalue weighted by atomic mass is 10.2. The molecule has 0 fully saturated rings. The Labute approximate surface area is 97.2 Å². The van der Waals surface area contributed by atoms with Crippen molar-refractivity contribution in [2.24, 2.45) is 0 Å². The lowest BCUT2D eigenvalue weighted by Gasteiger charge is -1.98. The minimum atomic E-state index is -0.0897. The average molecular weight is 267 g/mol. The molecular formula is C11H11BrN2O. The Morgan fingerprint density at radius 2 is 2.33 bits per heavy atom. The average Bonchev–Trinajstić information content (AvgIpc) is 2.14. The number of halogens is 1. The Kier molecular flexibility index (Phi) is 4.19. The van der Waals surface area contributed by atoms with E-state index in [1.165, 1.54) is 6.92 Å². The highest BCUT2D eigenvalue weighted by Gasteiger charge is 1.95. The highest BCUT2D eigenvalue weighted by Crippen LogP contribution is 2.17. The van der Waals surface area contributed by atoms with Gasteiger partial charge in [0.15, 0.2) is 0 Å². The summed E-state index contributed by atoms with van der Waals surface area (Å²) < 4.78 is 0.924. The summed E-state index contributed by atoms with van der Waals surface area (Å²) in [6.07, 6.45) is 0. The number of nitrogen functional groups attached to an aromatic ring is 1. The molecule has 0 unspecified atom stereocenters. The van der Waals surface area contributed by atoms with Gasteiger partial charge in [-0.1, -0.05) is 27.8 Å². The van der Waals surface area contributed by atoms with Crippen molar-refractivity contribution in [3.63, 3.8) is 0 Å². The summed E-state index contributed by atoms with van der Waals surface area (Å²) in [6.45, 7) is 1.79. The minimum Gasteiger partial charge on any atom is -0.398 e. The molecule has 0 saturated heterocycles. The first-order valence-corrected chi connectivity index (χ1v) is 5.17. The van der Waals surface area contributed by atoms with E-state index in [1.54, 1.807) is 6.07 Å². The van der Waals surface area contributed by atoms with Gasteiger partial charge in [-0.3, -0.25) is 4.79 Å². The third-order valence-corrected chi connectivity index (χ3v) is 2.16. The molecule has 0 aliphatic rings. The maximum Gasteiger partial charge on any atom is 0.217 e. The summed E-state index contributed by atoms with van der Waals surface area (Å²) >= 11 is 3.31. The van der Waals surface area contributed by atoms with E-state index in [0.29, 0.717) is 12.2 Å². The van der Waals surface area contributed by atoms with E-state index in [2.05, 4.69) is 33.1 Å². The predicted molar refractivity (Wildman–Crippen MR) is 64.1 cm³/mol. The molecule has 15 heavy (non-hydrogen) atoms. The van der Waals surface area contributed by atoms with Crippen LogP contribution < -0.4 is 11.1 Å². The van der Waals surface area contributed by atoms with Crippen LogP contribution in [0.3, 0.4) is 0 Å². The van der Waals surface area contributed by atoms with Crippen molar-refractivity contribution < 1.29 is 4.79 Å². The summed E-state index contributed by atoms with van der Waals surface area (Å²) in [4.78, 5) is 10.6. The first-order chi connectivity index (χ1) is 7.09. The van der Waals surface area contributed by atoms with Crippen LogP contribution in [0.2, 0.25) is 0 Å². The molecular weight excluding hydrogens is 256 g/mol. The van der Waals surface area contributed by atoms with Crippen LogP contribution in [0, 0.1) is 11.8 Å². The standard InChI is InChI=1S/C11H11BrN2O/c1-8(15)14-6-2-3-9-4-5-10(12)7-11(9)13/h4-5,7H,6,13H2,1H3,(H,14,15). The maximum atomic E-state index is 10.6. The lowest BCUT2D eigenvalue weighted by Crippen LogP contribution is -2.19. The normalized spacial score (nSPS) is 8.93. The van der Waals surface area contributed by atoms with Crippen molar-refractivity contribution >= 4 is 27.5 Å². The highest BCUT2D eigenvalue weighted by atomic mass is 79.9. The first kappa shape index (κ1) is 11.6. The quantitative estimate of drug-likeness (QED) is 0.598. The molecule has 3 nitrogen and oxygen atoms in total. The molecule has 1 aromatic rings. The van der Waals surface area contributed by atoms with Gasteiger partial charge in [0.2, 0.25) is 5.91 Å². The van der Waals surface area contributed by atoms with E-state index in [0.717, 1.165) is 10.0 Å². The van der Waals surface area contributed by atoms with Gasteiger partial charge in [0, 0.05) is 22.6 Å². The van der Waals surface area contributed by atoms with E-state index in [1.807, 2.05) is 12.1 Å². The second kappa shape index (κ2) is 5.42. The van der Waals surface area contributed by atoms with Crippen LogP contribution in [0.4, 0.5) is 5.69 Å². The summed E-state index contributed by atoms with van der Waals surface area (Å²) in [5, 5.41) is 2.58. The molecule has 4 heteroatoms. The second-order valence-corrected chi connectivity index (χ2v) is 3.86. The molecule has 0 atom stereocenters. The predicted octanol–water partition coefficient (Wildman–Crippen LogP) is 1.52. The number of rotatable bonds is 1.